The number of hydrogen-bond acceptors (Lipinski definition) is 8. The van der Waals surface area contributed by atoms with Gasteiger partial charge in [0.15, 0.2) is 6.10 Å². The van der Waals surface area contributed by atoms with Crippen LogP contribution in [0.25, 0.3) is 0 Å². The fourth-order valence-electron chi connectivity index (χ4n) is 5.53. The fraction of sp³-hybridized carbons (Fsp3) is 0.220. The summed E-state index contributed by atoms with van der Waals surface area (Å²) in [6.07, 6.45) is -6.49. The van der Waals surface area contributed by atoms with E-state index in [9.17, 15) is 9.59 Å². The summed E-state index contributed by atoms with van der Waals surface area (Å²) in [7, 11) is 0. The number of benzene rings is 5. The van der Waals surface area contributed by atoms with E-state index < -0.39 is 42.8 Å². The first-order chi connectivity index (χ1) is 24.6. The first kappa shape index (κ1) is 34.5. The zero-order valence-corrected chi connectivity index (χ0v) is 27.4. The lowest BCUT2D eigenvalue weighted by molar-refractivity contribution is -0.307. The van der Waals surface area contributed by atoms with Crippen LogP contribution in [0.5, 0.6) is 0 Å². The lowest BCUT2D eigenvalue weighted by Crippen LogP contribution is -2.63. The molecular formula is C41H39NO8. The maximum atomic E-state index is 13.9. The molecule has 1 fully saturated rings. The molecule has 5 atom stereocenters. The van der Waals surface area contributed by atoms with Crippen LogP contribution in [0.1, 0.15) is 22.3 Å². The molecule has 1 saturated heterocycles. The number of hydrogen-bond donors (Lipinski definition) is 1. The highest BCUT2D eigenvalue weighted by atomic mass is 16.7. The minimum Gasteiger partial charge on any atom is -0.459 e. The normalized spacial score (nSPS) is 20.0. The first-order valence-electron chi connectivity index (χ1n) is 16.5. The van der Waals surface area contributed by atoms with Crippen molar-refractivity contribution in [1.82, 2.24) is 0 Å². The van der Waals surface area contributed by atoms with Gasteiger partial charge in [0.2, 0.25) is 6.29 Å². The van der Waals surface area contributed by atoms with E-state index in [0.29, 0.717) is 5.69 Å². The summed E-state index contributed by atoms with van der Waals surface area (Å²) < 4.78 is 37.6. The maximum absolute atomic E-state index is 13.9. The first-order valence-corrected chi connectivity index (χ1v) is 16.5. The second-order valence-corrected chi connectivity index (χ2v) is 11.7. The van der Waals surface area contributed by atoms with Gasteiger partial charge in [-0.25, -0.2) is 9.59 Å². The fourth-order valence-corrected chi connectivity index (χ4v) is 5.53. The molecule has 0 bridgehead atoms. The summed E-state index contributed by atoms with van der Waals surface area (Å²) >= 11 is 0. The van der Waals surface area contributed by atoms with Gasteiger partial charge in [0.05, 0.1) is 19.8 Å². The molecule has 1 amide bonds. The van der Waals surface area contributed by atoms with E-state index in [4.69, 9.17) is 28.4 Å². The van der Waals surface area contributed by atoms with Crippen LogP contribution < -0.4 is 5.32 Å². The molecule has 5 aromatic rings. The summed E-state index contributed by atoms with van der Waals surface area (Å²) in [4.78, 5) is 27.3. The Hall–Kier alpha value is -5.32. The minimum absolute atomic E-state index is 0.00836. The highest BCUT2D eigenvalue weighted by molar-refractivity contribution is 5.84. The standard InChI is InChI=1S/C41H39NO8/c43-39(48-29-33-22-12-4-13-23-33)37-35(45-26-30-16-6-1-7-17-30)36(46-27-31-18-8-2-9-19-31)38(47-28-32-20-10-3-11-21-32)40(49-37)50-41(44)42-34-24-14-5-15-25-34/h1-25,35-38,40H,26-29H2,(H,42,44)/t35-,36-,37-,38+,40-/m0/s1. The van der Waals surface area contributed by atoms with Crippen molar-refractivity contribution >= 4 is 17.7 Å². The van der Waals surface area contributed by atoms with Gasteiger partial charge in [-0.1, -0.05) is 140 Å². The zero-order chi connectivity index (χ0) is 34.4. The van der Waals surface area contributed by atoms with Crippen LogP contribution in [0.4, 0.5) is 10.5 Å². The highest BCUT2D eigenvalue weighted by Crippen LogP contribution is 2.32. The van der Waals surface area contributed by atoms with Gasteiger partial charge in [-0.05, 0) is 34.4 Å². The molecule has 0 unspecified atom stereocenters. The molecule has 50 heavy (non-hydrogen) atoms. The second-order valence-electron chi connectivity index (χ2n) is 11.7. The van der Waals surface area contributed by atoms with Crippen molar-refractivity contribution in [2.24, 2.45) is 0 Å². The molecule has 1 N–H and O–H groups in total. The monoisotopic (exact) mass is 673 g/mol. The average Bonchev–Trinajstić information content (AvgIpc) is 3.17. The molecule has 9 nitrogen and oxygen atoms in total. The number of carbonyl (C=O) groups is 2. The topological polar surface area (TPSA) is 102 Å². The van der Waals surface area contributed by atoms with Gasteiger partial charge in [-0.15, -0.1) is 0 Å². The third-order valence-electron chi connectivity index (χ3n) is 8.05. The smallest absolute Gasteiger partial charge is 0.414 e. The van der Waals surface area contributed by atoms with Crippen LogP contribution in [-0.4, -0.2) is 42.8 Å². The van der Waals surface area contributed by atoms with Crippen molar-refractivity contribution in [3.05, 3.63) is 174 Å². The summed E-state index contributed by atoms with van der Waals surface area (Å²) in [5.74, 6) is -0.696. The van der Waals surface area contributed by atoms with E-state index in [1.807, 2.05) is 127 Å². The van der Waals surface area contributed by atoms with E-state index in [2.05, 4.69) is 5.32 Å². The van der Waals surface area contributed by atoms with Crippen molar-refractivity contribution in [1.29, 1.82) is 0 Å². The third-order valence-corrected chi connectivity index (χ3v) is 8.05. The van der Waals surface area contributed by atoms with Gasteiger partial charge in [-0.2, -0.15) is 0 Å². The molecule has 5 aromatic carbocycles. The number of esters is 1. The molecule has 0 aliphatic carbocycles. The molecule has 0 radical (unpaired) electrons. The van der Waals surface area contributed by atoms with Gasteiger partial charge in [0.1, 0.15) is 24.9 Å². The van der Waals surface area contributed by atoms with Crippen molar-refractivity contribution in [2.75, 3.05) is 5.32 Å². The number of ether oxygens (including phenoxy) is 6. The number of nitrogens with one attached hydrogen (secondary N) is 1. The molecule has 0 spiro atoms. The predicted molar refractivity (Wildman–Crippen MR) is 187 cm³/mol. The summed E-state index contributed by atoms with van der Waals surface area (Å²) in [6.45, 7) is 0.466. The molecular weight excluding hydrogens is 634 g/mol. The van der Waals surface area contributed by atoms with E-state index in [1.54, 1.807) is 24.3 Å². The minimum atomic E-state index is -1.38. The third kappa shape index (κ3) is 9.87. The van der Waals surface area contributed by atoms with E-state index in [-0.39, 0.29) is 26.4 Å². The van der Waals surface area contributed by atoms with Gasteiger partial charge in [0, 0.05) is 5.69 Å². The van der Waals surface area contributed by atoms with Gasteiger partial charge in [0.25, 0.3) is 0 Å². The molecule has 0 aromatic heterocycles. The second kappa shape index (κ2) is 17.9. The summed E-state index contributed by atoms with van der Waals surface area (Å²) in [5.41, 5.74) is 3.98. The lowest BCUT2D eigenvalue weighted by Gasteiger charge is -2.44. The number of carbonyl (C=O) groups excluding carboxylic acids is 2. The Kier molecular flexibility index (Phi) is 12.4. The van der Waals surface area contributed by atoms with Crippen LogP contribution >= 0.6 is 0 Å². The Morgan fingerprint density at radius 3 is 1.38 bits per heavy atom. The van der Waals surface area contributed by atoms with E-state index in [1.165, 1.54) is 0 Å². The lowest BCUT2D eigenvalue weighted by atomic mass is 9.97. The molecule has 1 aliphatic heterocycles. The maximum Gasteiger partial charge on any atom is 0.414 e. The summed E-state index contributed by atoms with van der Waals surface area (Å²) in [6, 6.07) is 47.0. The Bertz CT molecular complexity index is 1740. The van der Waals surface area contributed by atoms with Gasteiger partial charge >= 0.3 is 12.1 Å². The van der Waals surface area contributed by atoms with E-state index in [0.717, 1.165) is 22.3 Å². The number of para-hydroxylation sites is 1. The predicted octanol–water partition coefficient (Wildman–Crippen LogP) is 7.46. The largest absolute Gasteiger partial charge is 0.459 e. The molecule has 0 saturated carbocycles. The van der Waals surface area contributed by atoms with Gasteiger partial charge < -0.3 is 28.4 Å². The van der Waals surface area contributed by atoms with Crippen molar-refractivity contribution in [2.45, 2.75) is 57.1 Å². The highest BCUT2D eigenvalue weighted by Gasteiger charge is 2.53. The Balaban J connectivity index is 1.33. The average molecular weight is 674 g/mol. The number of anilines is 1. The van der Waals surface area contributed by atoms with Crippen molar-refractivity contribution < 1.29 is 38.0 Å². The van der Waals surface area contributed by atoms with Crippen LogP contribution in [-0.2, 0) is 59.6 Å². The molecule has 6 rings (SSSR count). The van der Waals surface area contributed by atoms with Crippen molar-refractivity contribution in [3.63, 3.8) is 0 Å². The quantitative estimate of drug-likeness (QED) is 0.121. The summed E-state index contributed by atoms with van der Waals surface area (Å²) in [5, 5.41) is 2.72. The Morgan fingerprint density at radius 2 is 0.900 bits per heavy atom. The van der Waals surface area contributed by atoms with Crippen LogP contribution in [0.2, 0.25) is 0 Å². The number of amides is 1. The molecule has 256 valence electrons. The Morgan fingerprint density at radius 1 is 0.500 bits per heavy atom. The molecule has 1 aliphatic rings. The van der Waals surface area contributed by atoms with Crippen LogP contribution in [0, 0.1) is 0 Å². The zero-order valence-electron chi connectivity index (χ0n) is 27.4. The van der Waals surface area contributed by atoms with Gasteiger partial charge in [-0.3, -0.25) is 5.32 Å². The van der Waals surface area contributed by atoms with Crippen LogP contribution in [0.15, 0.2) is 152 Å². The van der Waals surface area contributed by atoms with Crippen molar-refractivity contribution in [3.8, 4) is 0 Å². The van der Waals surface area contributed by atoms with Crippen LogP contribution in [0.3, 0.4) is 0 Å². The molecule has 1 heterocycles. The Labute approximate surface area is 291 Å². The SMILES string of the molecule is O=C(Nc1ccccc1)O[C@@H]1O[C@H](C(=O)OCc2ccccc2)[C@@H](OCc2ccccc2)[C@H](OCc2ccccc2)[C@H]1OCc1ccccc1. The van der Waals surface area contributed by atoms with E-state index >= 15 is 0 Å². The number of rotatable bonds is 14. The molecule has 9 heteroatoms.